The van der Waals surface area contributed by atoms with E-state index >= 15 is 0 Å². The number of imidazole rings is 1. The van der Waals surface area contributed by atoms with Crippen LogP contribution in [0, 0.1) is 0 Å². The number of carbonyl (C=O) groups is 2. The molecule has 1 heterocycles. The second-order valence-electron chi connectivity index (χ2n) is 7.70. The fourth-order valence-electron chi connectivity index (χ4n) is 2.81. The van der Waals surface area contributed by atoms with E-state index in [0.717, 1.165) is 15.5 Å². The molecular formula is C20H29BrN4O4. The molecule has 1 aromatic heterocycles. The molecule has 0 bridgehead atoms. The number of nitrogens with zero attached hydrogens (tertiary/aromatic N) is 3. The van der Waals surface area contributed by atoms with E-state index < -0.39 is 23.6 Å². The molecule has 0 spiro atoms. The Balaban J connectivity index is 2.43. The van der Waals surface area contributed by atoms with Crippen molar-refractivity contribution < 1.29 is 19.1 Å². The van der Waals surface area contributed by atoms with Gasteiger partial charge in [-0.2, -0.15) is 0 Å². The first-order valence-electron chi connectivity index (χ1n) is 9.54. The van der Waals surface area contributed by atoms with Gasteiger partial charge in [0.05, 0.1) is 24.2 Å². The summed E-state index contributed by atoms with van der Waals surface area (Å²) in [6.45, 7) is 10.6. The molecular weight excluding hydrogens is 440 g/mol. The summed E-state index contributed by atoms with van der Waals surface area (Å²) in [5.74, 6) is 0.00680. The summed E-state index contributed by atoms with van der Waals surface area (Å²) in [6, 6.07) is 4.95. The highest BCUT2D eigenvalue weighted by atomic mass is 79.9. The number of hydrogen-bond donors (Lipinski definition) is 1. The van der Waals surface area contributed by atoms with Crippen LogP contribution in [0.5, 0.6) is 0 Å². The number of amides is 2. The minimum absolute atomic E-state index is 0.0808. The van der Waals surface area contributed by atoms with Gasteiger partial charge in [-0.1, -0.05) is 15.9 Å². The standard InChI is InChI=1S/C20H29BrN4O4/c1-6-28-10-9-24-16-8-7-14(21)11-15(16)23-17(24)12-25(13(2)18(22)26)19(27)29-20(3,4)5/h7-8,11,13H,6,9-10,12H2,1-5H3,(H2,22,26)/t13-/m0/s1. The number of nitrogens with two attached hydrogens (primary N) is 1. The van der Waals surface area contributed by atoms with Crippen LogP contribution in [0.3, 0.4) is 0 Å². The number of rotatable bonds is 8. The Kier molecular flexibility index (Phi) is 7.65. The zero-order valence-corrected chi connectivity index (χ0v) is 19.2. The number of ether oxygens (including phenoxy) is 2. The molecule has 2 N–H and O–H groups in total. The predicted octanol–water partition coefficient (Wildman–Crippen LogP) is 3.45. The van der Waals surface area contributed by atoms with Gasteiger partial charge >= 0.3 is 6.09 Å². The van der Waals surface area contributed by atoms with Crippen LogP contribution in [-0.2, 0) is 27.4 Å². The number of hydrogen-bond acceptors (Lipinski definition) is 5. The Morgan fingerprint density at radius 1 is 1.34 bits per heavy atom. The van der Waals surface area contributed by atoms with Crippen molar-refractivity contribution in [2.75, 3.05) is 13.2 Å². The maximum atomic E-state index is 12.8. The van der Waals surface area contributed by atoms with Crippen molar-refractivity contribution in [3.8, 4) is 0 Å². The largest absolute Gasteiger partial charge is 0.444 e. The first-order chi connectivity index (χ1) is 13.5. The second-order valence-corrected chi connectivity index (χ2v) is 8.61. The Hall–Kier alpha value is -2.13. The summed E-state index contributed by atoms with van der Waals surface area (Å²) in [7, 11) is 0. The lowest BCUT2D eigenvalue weighted by atomic mass is 10.2. The van der Waals surface area contributed by atoms with Gasteiger partial charge in [-0.25, -0.2) is 9.78 Å². The lowest BCUT2D eigenvalue weighted by Crippen LogP contribution is -2.48. The zero-order valence-electron chi connectivity index (χ0n) is 17.6. The number of carbonyl (C=O) groups excluding carboxylic acids is 2. The summed E-state index contributed by atoms with van der Waals surface area (Å²) in [5, 5.41) is 0. The highest BCUT2D eigenvalue weighted by molar-refractivity contribution is 9.10. The maximum absolute atomic E-state index is 12.8. The van der Waals surface area contributed by atoms with E-state index in [9.17, 15) is 9.59 Å². The topological polar surface area (TPSA) is 99.7 Å². The van der Waals surface area contributed by atoms with Gasteiger partial charge in [0, 0.05) is 17.6 Å². The van der Waals surface area contributed by atoms with Crippen LogP contribution >= 0.6 is 15.9 Å². The number of primary amides is 1. The van der Waals surface area contributed by atoms with E-state index in [1.54, 1.807) is 27.7 Å². The molecule has 0 fully saturated rings. The van der Waals surface area contributed by atoms with Gasteiger partial charge in [-0.05, 0) is 52.8 Å². The molecule has 29 heavy (non-hydrogen) atoms. The fraction of sp³-hybridized carbons (Fsp3) is 0.550. The molecule has 160 valence electrons. The lowest BCUT2D eigenvalue weighted by Gasteiger charge is -2.30. The van der Waals surface area contributed by atoms with E-state index in [1.165, 1.54) is 4.90 Å². The van der Waals surface area contributed by atoms with Crippen LogP contribution in [0.25, 0.3) is 11.0 Å². The minimum Gasteiger partial charge on any atom is -0.444 e. The molecule has 2 aromatic rings. The van der Waals surface area contributed by atoms with Gasteiger partial charge in [0.2, 0.25) is 5.91 Å². The van der Waals surface area contributed by atoms with Crippen LogP contribution in [0.4, 0.5) is 4.79 Å². The van der Waals surface area contributed by atoms with Gasteiger partial charge in [-0.3, -0.25) is 9.69 Å². The number of benzene rings is 1. The normalized spacial score (nSPS) is 12.8. The van der Waals surface area contributed by atoms with Gasteiger partial charge in [0.1, 0.15) is 17.5 Å². The molecule has 2 amide bonds. The Morgan fingerprint density at radius 3 is 2.62 bits per heavy atom. The Bertz CT molecular complexity index is 875. The van der Waals surface area contributed by atoms with Crippen LogP contribution in [0.15, 0.2) is 22.7 Å². The zero-order chi connectivity index (χ0) is 21.8. The molecule has 0 radical (unpaired) electrons. The van der Waals surface area contributed by atoms with Crippen molar-refractivity contribution in [1.29, 1.82) is 0 Å². The van der Waals surface area contributed by atoms with E-state index in [2.05, 4.69) is 20.9 Å². The van der Waals surface area contributed by atoms with Gasteiger partial charge < -0.3 is 19.8 Å². The van der Waals surface area contributed by atoms with Crippen molar-refractivity contribution in [3.63, 3.8) is 0 Å². The van der Waals surface area contributed by atoms with Crippen molar-refractivity contribution in [2.24, 2.45) is 5.73 Å². The Morgan fingerprint density at radius 2 is 2.03 bits per heavy atom. The molecule has 2 rings (SSSR count). The van der Waals surface area contributed by atoms with Crippen molar-refractivity contribution in [3.05, 3.63) is 28.5 Å². The van der Waals surface area contributed by atoms with Crippen molar-refractivity contribution in [1.82, 2.24) is 14.5 Å². The first-order valence-corrected chi connectivity index (χ1v) is 10.3. The van der Waals surface area contributed by atoms with Gasteiger partial charge in [-0.15, -0.1) is 0 Å². The summed E-state index contributed by atoms with van der Waals surface area (Å²) >= 11 is 3.46. The summed E-state index contributed by atoms with van der Waals surface area (Å²) < 4.78 is 13.9. The average Bonchev–Trinajstić information content (AvgIpc) is 2.94. The van der Waals surface area contributed by atoms with Crippen molar-refractivity contribution in [2.45, 2.75) is 59.4 Å². The third-order valence-corrected chi connectivity index (χ3v) is 4.76. The molecule has 0 saturated heterocycles. The monoisotopic (exact) mass is 468 g/mol. The number of fused-ring (bicyclic) bond motifs is 1. The smallest absolute Gasteiger partial charge is 0.411 e. The molecule has 0 aliphatic rings. The minimum atomic E-state index is -0.850. The van der Waals surface area contributed by atoms with Crippen molar-refractivity contribution >= 4 is 39.0 Å². The molecule has 1 atom stereocenters. The summed E-state index contributed by atoms with van der Waals surface area (Å²) in [5.41, 5.74) is 6.47. The van der Waals surface area contributed by atoms with Crippen LogP contribution in [0.2, 0.25) is 0 Å². The van der Waals surface area contributed by atoms with E-state index in [1.807, 2.05) is 29.7 Å². The number of halogens is 1. The van der Waals surface area contributed by atoms with E-state index in [0.29, 0.717) is 25.6 Å². The molecule has 0 unspecified atom stereocenters. The second kappa shape index (κ2) is 9.58. The highest BCUT2D eigenvalue weighted by Gasteiger charge is 2.30. The van der Waals surface area contributed by atoms with E-state index in [4.69, 9.17) is 15.2 Å². The third kappa shape index (κ3) is 6.17. The molecule has 1 aromatic carbocycles. The molecule has 8 nitrogen and oxygen atoms in total. The SMILES string of the molecule is CCOCCn1c(CN(C(=O)OC(C)(C)C)[C@@H](C)C(N)=O)nc2cc(Br)ccc21. The lowest BCUT2D eigenvalue weighted by molar-refractivity contribution is -0.122. The summed E-state index contributed by atoms with van der Waals surface area (Å²) in [6.07, 6.45) is -0.617. The average molecular weight is 469 g/mol. The van der Waals surface area contributed by atoms with Crippen LogP contribution in [0.1, 0.15) is 40.4 Å². The molecule has 0 saturated carbocycles. The Labute approximate surface area is 179 Å². The fourth-order valence-corrected chi connectivity index (χ4v) is 3.16. The number of aromatic nitrogens is 2. The van der Waals surface area contributed by atoms with Crippen LogP contribution in [-0.4, -0.2) is 51.3 Å². The molecule has 0 aliphatic carbocycles. The van der Waals surface area contributed by atoms with Gasteiger partial charge in [0.25, 0.3) is 0 Å². The molecule has 0 aliphatic heterocycles. The maximum Gasteiger partial charge on any atom is 0.411 e. The predicted molar refractivity (Wildman–Crippen MR) is 114 cm³/mol. The van der Waals surface area contributed by atoms with Crippen LogP contribution < -0.4 is 5.73 Å². The third-order valence-electron chi connectivity index (χ3n) is 4.27. The van der Waals surface area contributed by atoms with Gasteiger partial charge in [0.15, 0.2) is 0 Å². The highest BCUT2D eigenvalue weighted by Crippen LogP contribution is 2.23. The quantitative estimate of drug-likeness (QED) is 0.597. The summed E-state index contributed by atoms with van der Waals surface area (Å²) in [4.78, 5) is 30.6. The first kappa shape index (κ1) is 23.2. The molecule has 9 heteroatoms. The van der Waals surface area contributed by atoms with E-state index in [-0.39, 0.29) is 6.54 Å².